The van der Waals surface area contributed by atoms with Gasteiger partial charge >= 0.3 is 0 Å². The highest BCUT2D eigenvalue weighted by Crippen LogP contribution is 2.26. The number of pyridine rings is 1. The van der Waals surface area contributed by atoms with Crippen LogP contribution in [0, 0.1) is 17.2 Å². The third-order valence-corrected chi connectivity index (χ3v) is 4.69. The van der Waals surface area contributed by atoms with E-state index in [1.165, 1.54) is 28.3 Å². The average Bonchev–Trinajstić information content (AvgIpc) is 2.87. The maximum absolute atomic E-state index is 8.49. The molecule has 8 nitrogen and oxygen atoms in total. The highest BCUT2D eigenvalue weighted by atomic mass is 35.7. The van der Waals surface area contributed by atoms with Gasteiger partial charge in [0.2, 0.25) is 5.13 Å². The number of rotatable bonds is 3. The van der Waals surface area contributed by atoms with E-state index >= 15 is 0 Å². The van der Waals surface area contributed by atoms with Crippen LogP contribution >= 0.6 is 11.3 Å². The van der Waals surface area contributed by atoms with Crippen LogP contribution in [0.4, 0.5) is 5.13 Å². The number of aryl methyl sites for hydroxylation is 2. The number of anilines is 1. The monoisotopic (exact) mass is 432 g/mol. The summed E-state index contributed by atoms with van der Waals surface area (Å²) in [5, 5.41) is 9.62. The fourth-order valence-corrected chi connectivity index (χ4v) is 3.42. The van der Waals surface area contributed by atoms with Crippen LogP contribution in [0.1, 0.15) is 63.5 Å². The number of nitrogens with two attached hydrogens (primary N) is 1. The van der Waals surface area contributed by atoms with Gasteiger partial charge in [-0.25, -0.2) is 18.6 Å². The van der Waals surface area contributed by atoms with E-state index in [2.05, 4.69) is 75.4 Å². The first-order valence-corrected chi connectivity index (χ1v) is 10.8. The van der Waals surface area contributed by atoms with Crippen LogP contribution in [0.5, 0.6) is 0 Å². The lowest BCUT2D eigenvalue weighted by Gasteiger charge is -2.24. The molecule has 0 saturated carbocycles. The maximum Gasteiger partial charge on any atom is 0.203 e. The van der Waals surface area contributed by atoms with Gasteiger partial charge in [0.05, 0.1) is 6.42 Å². The largest absolute Gasteiger partial charge is 0.374 e. The van der Waals surface area contributed by atoms with Crippen molar-refractivity contribution in [2.45, 2.75) is 72.3 Å². The summed E-state index contributed by atoms with van der Waals surface area (Å²) in [7, 11) is -4.94. The first-order valence-electron chi connectivity index (χ1n) is 8.73. The molecule has 0 aliphatic carbocycles. The normalized spacial score (nSPS) is 12.5. The summed E-state index contributed by atoms with van der Waals surface area (Å²) in [5.41, 5.74) is 9.92. The average molecular weight is 433 g/mol. The van der Waals surface area contributed by atoms with Gasteiger partial charge in [-0.15, -0.1) is 20.4 Å². The lowest BCUT2D eigenvalue weighted by molar-refractivity contribution is -2.00. The van der Waals surface area contributed by atoms with Gasteiger partial charge in [-0.1, -0.05) is 52.9 Å². The molecule has 2 aromatic rings. The Labute approximate surface area is 172 Å². The highest BCUT2D eigenvalue weighted by Gasteiger charge is 2.33. The van der Waals surface area contributed by atoms with E-state index in [-0.39, 0.29) is 10.8 Å². The van der Waals surface area contributed by atoms with E-state index in [4.69, 9.17) is 24.4 Å². The molecule has 0 amide bonds. The summed E-state index contributed by atoms with van der Waals surface area (Å²) in [4.78, 5) is 0. The minimum Gasteiger partial charge on any atom is -0.374 e. The van der Waals surface area contributed by atoms with Gasteiger partial charge in [0.25, 0.3) is 0 Å². The molecule has 0 spiro atoms. The van der Waals surface area contributed by atoms with Gasteiger partial charge in [0, 0.05) is 23.0 Å². The molecule has 158 valence electrons. The Morgan fingerprint density at radius 3 is 1.71 bits per heavy atom. The van der Waals surface area contributed by atoms with E-state index in [1.54, 1.807) is 0 Å². The van der Waals surface area contributed by atoms with Crippen molar-refractivity contribution in [2.75, 3.05) is 5.73 Å². The first kappa shape index (κ1) is 24.7. The number of aromatic nitrogens is 3. The summed E-state index contributed by atoms with van der Waals surface area (Å²) in [5.74, 6) is 0. The first-order chi connectivity index (χ1) is 12.5. The van der Waals surface area contributed by atoms with Gasteiger partial charge in [0.1, 0.15) is 5.01 Å². The molecule has 0 fully saturated rings. The Morgan fingerprint density at radius 2 is 1.39 bits per heavy atom. The van der Waals surface area contributed by atoms with E-state index in [9.17, 15) is 0 Å². The van der Waals surface area contributed by atoms with E-state index in [0.717, 1.165) is 18.0 Å². The molecular formula is C18H29ClN4O4S. The Morgan fingerprint density at radius 1 is 0.964 bits per heavy atom. The topological polar surface area (TPSA) is 148 Å². The molecule has 0 unspecified atom stereocenters. The molecule has 0 aliphatic heterocycles. The third kappa shape index (κ3) is 8.34. The number of nitrogens with zero attached hydrogens (tertiary/aromatic N) is 3. The van der Waals surface area contributed by atoms with Crippen LogP contribution in [0.15, 0.2) is 12.1 Å². The van der Waals surface area contributed by atoms with Crippen molar-refractivity contribution in [1.82, 2.24) is 10.2 Å². The summed E-state index contributed by atoms with van der Waals surface area (Å²) in [6.45, 7) is 16.7. The van der Waals surface area contributed by atoms with E-state index in [1.807, 2.05) is 0 Å². The second-order valence-corrected chi connectivity index (χ2v) is 10.5. The fraction of sp³-hybridized carbons (Fsp3) is 0.611. The third-order valence-electron chi connectivity index (χ3n) is 3.88. The fourth-order valence-electron chi connectivity index (χ4n) is 2.82. The van der Waals surface area contributed by atoms with Crippen LogP contribution in [-0.4, -0.2) is 10.2 Å². The second kappa shape index (κ2) is 8.98. The zero-order chi connectivity index (χ0) is 21.9. The van der Waals surface area contributed by atoms with Crippen molar-refractivity contribution in [2.24, 2.45) is 0 Å². The quantitative estimate of drug-likeness (QED) is 0.598. The van der Waals surface area contributed by atoms with E-state index < -0.39 is 10.2 Å². The minimum atomic E-state index is -4.94. The van der Waals surface area contributed by atoms with Crippen LogP contribution in [-0.2, 0) is 23.8 Å². The van der Waals surface area contributed by atoms with E-state index in [0.29, 0.717) is 5.13 Å². The minimum absolute atomic E-state index is 0.0895. The molecule has 2 N–H and O–H groups in total. The molecule has 2 rings (SSSR count). The van der Waals surface area contributed by atoms with Crippen molar-refractivity contribution in [1.29, 1.82) is 0 Å². The maximum atomic E-state index is 8.49. The molecule has 0 bridgehead atoms. The lowest BCUT2D eigenvalue weighted by atomic mass is 9.85. The van der Waals surface area contributed by atoms with Crippen LogP contribution < -0.4 is 28.9 Å². The Bertz CT molecular complexity index is 751. The predicted molar refractivity (Wildman–Crippen MR) is 96.8 cm³/mol. The summed E-state index contributed by atoms with van der Waals surface area (Å²) < 4.78 is 36.4. The van der Waals surface area contributed by atoms with Gasteiger partial charge in [0.15, 0.2) is 17.9 Å². The molecule has 0 atom stereocenters. The summed E-state index contributed by atoms with van der Waals surface area (Å²) in [6.07, 6.45) is 0.856. The molecule has 0 aliphatic rings. The number of halogens is 1. The van der Waals surface area contributed by atoms with Crippen molar-refractivity contribution in [3.8, 4) is 0 Å². The zero-order valence-corrected chi connectivity index (χ0v) is 19.0. The molecule has 28 heavy (non-hydrogen) atoms. The highest BCUT2D eigenvalue weighted by molar-refractivity contribution is 7.15. The molecule has 2 aromatic heterocycles. The van der Waals surface area contributed by atoms with Crippen LogP contribution in [0.25, 0.3) is 0 Å². The molecule has 10 heteroatoms. The Kier molecular flexibility index (Phi) is 7.91. The zero-order valence-electron chi connectivity index (χ0n) is 17.4. The summed E-state index contributed by atoms with van der Waals surface area (Å²) in [6, 6.07) is 4.62. The molecule has 0 radical (unpaired) electrons. The standard InChI is InChI=1S/C18H29N4S.ClHO4/c1-12-10-13(17(2,3)4)22(14(11-12)18(5,6)7)9-8-15-20-21-16(19)23-15;2-1(3,4)5/h10-11H,8-9H2,1-7H3,(H2,19,21);(H,2,3,4,5)/q+1;/p-1. The Hall–Kier alpha value is -1.36. The SMILES string of the molecule is Cc1cc(C(C)(C)C)[n+](CCc2nnc(N)s2)c(C(C)(C)C)c1.[O-][Cl+3]([O-])([O-])[O-]. The van der Waals surface area contributed by atoms with Crippen molar-refractivity contribution < 1.29 is 33.4 Å². The van der Waals surface area contributed by atoms with Gasteiger partial charge in [-0.3, -0.25) is 0 Å². The summed E-state index contributed by atoms with van der Waals surface area (Å²) >= 11 is 1.48. The van der Waals surface area contributed by atoms with Crippen molar-refractivity contribution >= 4 is 16.5 Å². The second-order valence-electron chi connectivity index (χ2n) is 8.62. The van der Waals surface area contributed by atoms with Crippen molar-refractivity contribution in [3.63, 3.8) is 0 Å². The number of hydrogen-bond acceptors (Lipinski definition) is 8. The Balaban J connectivity index is 0.000000696. The van der Waals surface area contributed by atoms with Crippen molar-refractivity contribution in [3.05, 3.63) is 34.1 Å². The van der Waals surface area contributed by atoms with Gasteiger partial charge in [-0.2, -0.15) is 4.57 Å². The smallest absolute Gasteiger partial charge is 0.203 e. The van der Waals surface area contributed by atoms with Gasteiger partial charge in [-0.05, 0) is 12.5 Å². The molecule has 0 aromatic carbocycles. The lowest BCUT2D eigenvalue weighted by Crippen LogP contribution is -2.68. The molecular weight excluding hydrogens is 404 g/mol. The van der Waals surface area contributed by atoms with Crippen LogP contribution in [0.2, 0.25) is 0 Å². The predicted octanol–water partition coefficient (Wildman–Crippen LogP) is -1.20. The molecule has 0 saturated heterocycles. The number of hydrogen-bond donors (Lipinski definition) is 1. The van der Waals surface area contributed by atoms with Gasteiger partial charge < -0.3 is 5.73 Å². The molecule has 2 heterocycles. The number of nitrogen functional groups attached to an aromatic ring is 1. The van der Waals surface area contributed by atoms with Crippen LogP contribution in [0.3, 0.4) is 0 Å².